The number of carbonyl (C=O) groups is 1. The number of anilines is 1. The first-order chi connectivity index (χ1) is 8.15. The predicted molar refractivity (Wildman–Crippen MR) is 63.6 cm³/mol. The zero-order valence-corrected chi connectivity index (χ0v) is 9.58. The molecule has 0 unspecified atom stereocenters. The second kappa shape index (κ2) is 5.17. The van der Waals surface area contributed by atoms with Gasteiger partial charge in [0.15, 0.2) is 0 Å². The van der Waals surface area contributed by atoms with E-state index in [-0.39, 0.29) is 6.42 Å². The zero-order chi connectivity index (χ0) is 12.3. The van der Waals surface area contributed by atoms with Gasteiger partial charge in [-0.1, -0.05) is 12.8 Å². The van der Waals surface area contributed by atoms with Crippen molar-refractivity contribution in [3.8, 4) is 0 Å². The van der Waals surface area contributed by atoms with Crippen LogP contribution in [0.5, 0.6) is 0 Å². The highest BCUT2D eigenvalue weighted by Crippen LogP contribution is 2.25. The molecule has 0 aromatic heterocycles. The van der Waals surface area contributed by atoms with E-state index >= 15 is 0 Å². The number of halogens is 1. The van der Waals surface area contributed by atoms with Gasteiger partial charge in [-0.15, -0.1) is 0 Å². The Bertz CT molecular complexity index is 414. The first-order valence-corrected chi connectivity index (χ1v) is 5.92. The molecule has 1 aliphatic carbocycles. The summed E-state index contributed by atoms with van der Waals surface area (Å²) in [6.07, 6.45) is 4.46. The Labute approximate surface area is 99.7 Å². The van der Waals surface area contributed by atoms with Crippen LogP contribution in [0.3, 0.4) is 0 Å². The van der Waals surface area contributed by atoms with Crippen LogP contribution in [0.25, 0.3) is 0 Å². The van der Waals surface area contributed by atoms with Crippen molar-refractivity contribution >= 4 is 11.7 Å². The summed E-state index contributed by atoms with van der Waals surface area (Å²) in [5.74, 6) is -1.33. The molecule has 0 radical (unpaired) electrons. The van der Waals surface area contributed by atoms with Gasteiger partial charge in [-0.3, -0.25) is 4.79 Å². The van der Waals surface area contributed by atoms with E-state index in [2.05, 4.69) is 5.32 Å². The number of benzene rings is 1. The smallest absolute Gasteiger partial charge is 0.307 e. The van der Waals surface area contributed by atoms with Gasteiger partial charge in [-0.05, 0) is 36.6 Å². The van der Waals surface area contributed by atoms with E-state index in [0.29, 0.717) is 11.6 Å². The predicted octanol–water partition coefficient (Wildman–Crippen LogP) is 2.81. The van der Waals surface area contributed by atoms with Crippen molar-refractivity contribution in [2.45, 2.75) is 38.1 Å². The van der Waals surface area contributed by atoms with Gasteiger partial charge < -0.3 is 10.4 Å². The Morgan fingerprint density at radius 2 is 2.12 bits per heavy atom. The van der Waals surface area contributed by atoms with Crippen LogP contribution in [0, 0.1) is 5.82 Å². The number of hydrogen-bond acceptors (Lipinski definition) is 2. The van der Waals surface area contributed by atoms with Crippen molar-refractivity contribution in [3.63, 3.8) is 0 Å². The van der Waals surface area contributed by atoms with Gasteiger partial charge in [0.05, 0.1) is 6.42 Å². The minimum Gasteiger partial charge on any atom is -0.481 e. The van der Waals surface area contributed by atoms with Crippen LogP contribution < -0.4 is 5.32 Å². The lowest BCUT2D eigenvalue weighted by Gasteiger charge is -2.16. The minimum atomic E-state index is -0.940. The Morgan fingerprint density at radius 1 is 1.41 bits per heavy atom. The van der Waals surface area contributed by atoms with Gasteiger partial charge in [-0.2, -0.15) is 0 Å². The summed E-state index contributed by atoms with van der Waals surface area (Å²) < 4.78 is 13.1. The number of carboxylic acid groups (broad SMARTS) is 1. The third-order valence-corrected chi connectivity index (χ3v) is 3.12. The lowest BCUT2D eigenvalue weighted by Crippen LogP contribution is -2.16. The Balaban J connectivity index is 2.15. The molecular weight excluding hydrogens is 221 g/mol. The summed E-state index contributed by atoms with van der Waals surface area (Å²) in [5, 5.41) is 12.1. The van der Waals surface area contributed by atoms with Crippen molar-refractivity contribution < 1.29 is 14.3 Å². The monoisotopic (exact) mass is 237 g/mol. The molecule has 0 bridgehead atoms. The van der Waals surface area contributed by atoms with Gasteiger partial charge in [0.2, 0.25) is 0 Å². The topological polar surface area (TPSA) is 49.3 Å². The van der Waals surface area contributed by atoms with Crippen molar-refractivity contribution in [2.24, 2.45) is 0 Å². The first-order valence-electron chi connectivity index (χ1n) is 5.92. The largest absolute Gasteiger partial charge is 0.481 e. The fourth-order valence-corrected chi connectivity index (χ4v) is 2.30. The third kappa shape index (κ3) is 3.19. The summed E-state index contributed by atoms with van der Waals surface area (Å²) in [5.41, 5.74) is 1.27. The normalized spacial score (nSPS) is 16.1. The standard InChI is InChI=1S/C13H16FNO2/c14-10-5-6-12(9(7-10)8-13(16)17)15-11-3-1-2-4-11/h5-7,11,15H,1-4,8H2,(H,16,17). The van der Waals surface area contributed by atoms with E-state index < -0.39 is 11.8 Å². The van der Waals surface area contributed by atoms with Crippen LogP contribution in [0.15, 0.2) is 18.2 Å². The molecule has 1 fully saturated rings. The maximum atomic E-state index is 13.1. The van der Waals surface area contributed by atoms with E-state index in [0.717, 1.165) is 18.5 Å². The minimum absolute atomic E-state index is 0.146. The molecule has 92 valence electrons. The average molecular weight is 237 g/mol. The van der Waals surface area contributed by atoms with Gasteiger partial charge in [0.25, 0.3) is 0 Å². The molecule has 0 heterocycles. The molecule has 1 aromatic rings. The second-order valence-corrected chi connectivity index (χ2v) is 4.50. The van der Waals surface area contributed by atoms with E-state index in [4.69, 9.17) is 5.11 Å². The van der Waals surface area contributed by atoms with E-state index in [1.54, 1.807) is 6.07 Å². The first kappa shape index (κ1) is 11.9. The summed E-state index contributed by atoms with van der Waals surface area (Å²) in [4.78, 5) is 10.7. The summed E-state index contributed by atoms with van der Waals surface area (Å²) in [7, 11) is 0. The molecule has 0 saturated heterocycles. The molecule has 0 atom stereocenters. The number of aliphatic carboxylic acids is 1. The lowest BCUT2D eigenvalue weighted by atomic mass is 10.1. The van der Waals surface area contributed by atoms with Gasteiger partial charge in [-0.25, -0.2) is 4.39 Å². The molecule has 0 amide bonds. The number of nitrogens with one attached hydrogen (secondary N) is 1. The van der Waals surface area contributed by atoms with Crippen LogP contribution in [0.4, 0.5) is 10.1 Å². The van der Waals surface area contributed by atoms with Crippen molar-refractivity contribution in [2.75, 3.05) is 5.32 Å². The van der Waals surface area contributed by atoms with Gasteiger partial charge >= 0.3 is 5.97 Å². The summed E-state index contributed by atoms with van der Waals surface area (Å²) in [6, 6.07) is 4.69. The molecule has 1 aliphatic rings. The lowest BCUT2D eigenvalue weighted by molar-refractivity contribution is -0.136. The zero-order valence-electron chi connectivity index (χ0n) is 9.58. The SMILES string of the molecule is O=C(O)Cc1cc(F)ccc1NC1CCCC1. The highest BCUT2D eigenvalue weighted by Gasteiger charge is 2.16. The molecule has 2 rings (SSSR count). The van der Waals surface area contributed by atoms with Crippen LogP contribution in [-0.4, -0.2) is 17.1 Å². The van der Waals surface area contributed by atoms with E-state index in [1.165, 1.54) is 25.0 Å². The van der Waals surface area contributed by atoms with Crippen molar-refractivity contribution in [1.82, 2.24) is 0 Å². The Morgan fingerprint density at radius 3 is 2.76 bits per heavy atom. The van der Waals surface area contributed by atoms with Gasteiger partial charge in [0, 0.05) is 11.7 Å². The maximum absolute atomic E-state index is 13.1. The number of carboxylic acids is 1. The van der Waals surface area contributed by atoms with E-state index in [1.807, 2.05) is 0 Å². The molecule has 0 aliphatic heterocycles. The molecule has 1 aromatic carbocycles. The average Bonchev–Trinajstić information content (AvgIpc) is 2.74. The molecular formula is C13H16FNO2. The Kier molecular flexibility index (Phi) is 3.61. The third-order valence-electron chi connectivity index (χ3n) is 3.12. The number of rotatable bonds is 4. The highest BCUT2D eigenvalue weighted by molar-refractivity contribution is 5.73. The van der Waals surface area contributed by atoms with Crippen LogP contribution in [-0.2, 0) is 11.2 Å². The molecule has 4 heteroatoms. The van der Waals surface area contributed by atoms with E-state index in [9.17, 15) is 9.18 Å². The van der Waals surface area contributed by atoms with Crippen LogP contribution >= 0.6 is 0 Å². The summed E-state index contributed by atoms with van der Waals surface area (Å²) >= 11 is 0. The fourth-order valence-electron chi connectivity index (χ4n) is 2.30. The molecule has 3 nitrogen and oxygen atoms in total. The van der Waals surface area contributed by atoms with Crippen LogP contribution in [0.1, 0.15) is 31.2 Å². The van der Waals surface area contributed by atoms with Crippen molar-refractivity contribution in [1.29, 1.82) is 0 Å². The molecule has 0 spiro atoms. The number of hydrogen-bond donors (Lipinski definition) is 2. The van der Waals surface area contributed by atoms with Crippen LogP contribution in [0.2, 0.25) is 0 Å². The highest BCUT2D eigenvalue weighted by atomic mass is 19.1. The molecule has 17 heavy (non-hydrogen) atoms. The maximum Gasteiger partial charge on any atom is 0.307 e. The van der Waals surface area contributed by atoms with Gasteiger partial charge in [0.1, 0.15) is 5.82 Å². The quantitative estimate of drug-likeness (QED) is 0.846. The molecule has 2 N–H and O–H groups in total. The van der Waals surface area contributed by atoms with Crippen molar-refractivity contribution in [3.05, 3.63) is 29.6 Å². The second-order valence-electron chi connectivity index (χ2n) is 4.50. The fraction of sp³-hybridized carbons (Fsp3) is 0.462. The molecule has 1 saturated carbocycles. The Hall–Kier alpha value is -1.58. The summed E-state index contributed by atoms with van der Waals surface area (Å²) in [6.45, 7) is 0.